The Kier molecular flexibility index (Phi) is 17.8. The molecule has 0 radical (unpaired) electrons. The van der Waals surface area contributed by atoms with Crippen LogP contribution in [-0.4, -0.2) is 70.8 Å². The molecule has 10 nitrogen and oxygen atoms in total. The van der Waals surface area contributed by atoms with Gasteiger partial charge in [-0.3, -0.25) is 19.2 Å². The number of aliphatic carboxylic acids is 1. The average Bonchev–Trinajstić information content (AvgIpc) is 3.50. The van der Waals surface area contributed by atoms with Crippen molar-refractivity contribution in [1.82, 2.24) is 20.9 Å². The summed E-state index contributed by atoms with van der Waals surface area (Å²) < 4.78 is 0. The van der Waals surface area contributed by atoms with Gasteiger partial charge in [0, 0.05) is 32.4 Å². The van der Waals surface area contributed by atoms with Crippen LogP contribution in [0.1, 0.15) is 116 Å². The van der Waals surface area contributed by atoms with Gasteiger partial charge in [-0.1, -0.05) is 101 Å². The predicted octanol–water partition coefficient (Wildman–Crippen LogP) is 4.50. The number of hydrogen-bond acceptors (Lipinski definition) is 5. The van der Waals surface area contributed by atoms with Crippen molar-refractivity contribution in [3.05, 3.63) is 35.9 Å². The molecule has 0 spiro atoms. The summed E-state index contributed by atoms with van der Waals surface area (Å²) in [7, 11) is 0. The van der Waals surface area contributed by atoms with E-state index in [0.29, 0.717) is 25.8 Å². The quantitative estimate of drug-likeness (QED) is 0.142. The lowest BCUT2D eigenvalue weighted by Gasteiger charge is -2.28. The summed E-state index contributed by atoms with van der Waals surface area (Å²) in [6.07, 6.45) is 15.0. The highest BCUT2D eigenvalue weighted by atomic mass is 16.4. The predicted molar refractivity (Wildman–Crippen MR) is 171 cm³/mol. The molecule has 3 atom stereocenters. The summed E-state index contributed by atoms with van der Waals surface area (Å²) in [4.78, 5) is 63.9. The highest BCUT2D eigenvalue weighted by Gasteiger charge is 2.37. The number of benzene rings is 1. The van der Waals surface area contributed by atoms with Gasteiger partial charge in [0.15, 0.2) is 0 Å². The van der Waals surface area contributed by atoms with Crippen LogP contribution in [0.15, 0.2) is 30.3 Å². The third-order valence-electron chi connectivity index (χ3n) is 8.17. The average molecular weight is 615 g/mol. The molecule has 1 aliphatic heterocycles. The summed E-state index contributed by atoms with van der Waals surface area (Å²) >= 11 is 0. The number of carbonyl (C=O) groups excluding carboxylic acids is 4. The molecule has 1 aromatic rings. The normalized spacial score (nSPS) is 15.8. The fourth-order valence-electron chi connectivity index (χ4n) is 5.60. The summed E-state index contributed by atoms with van der Waals surface area (Å²) in [6.45, 7) is 4.34. The zero-order chi connectivity index (χ0) is 32.2. The minimum absolute atomic E-state index is 0.0469. The van der Waals surface area contributed by atoms with Crippen LogP contribution in [0.5, 0.6) is 0 Å². The first kappa shape index (κ1) is 36.8. The molecule has 1 aliphatic rings. The molecule has 1 aromatic carbocycles. The Morgan fingerprint density at radius 1 is 0.841 bits per heavy atom. The lowest BCUT2D eigenvalue weighted by molar-refractivity contribution is -0.144. The molecule has 0 aromatic heterocycles. The van der Waals surface area contributed by atoms with E-state index >= 15 is 0 Å². The molecular formula is C34H54N4O6. The maximum absolute atomic E-state index is 13.1. The molecule has 4 amide bonds. The van der Waals surface area contributed by atoms with E-state index in [1.54, 1.807) is 31.2 Å². The van der Waals surface area contributed by atoms with E-state index in [0.717, 1.165) is 24.8 Å². The first-order valence-electron chi connectivity index (χ1n) is 16.7. The molecule has 246 valence electrons. The molecule has 10 heteroatoms. The molecule has 4 N–H and O–H groups in total. The maximum atomic E-state index is 13.1. The van der Waals surface area contributed by atoms with Crippen molar-refractivity contribution in [2.75, 3.05) is 13.1 Å². The SMILES string of the molecule is CCCCCCCCCCCCCC(=O)NCCC(=O)NC(C)C(=O)N1CCCC1C(=O)NC(Cc1ccccc1)C(=O)O. The molecule has 1 fully saturated rings. The van der Waals surface area contributed by atoms with Crippen LogP contribution in [0.25, 0.3) is 0 Å². The molecule has 44 heavy (non-hydrogen) atoms. The van der Waals surface area contributed by atoms with Crippen LogP contribution in [0.4, 0.5) is 0 Å². The Bertz CT molecular complexity index is 1030. The van der Waals surface area contributed by atoms with Gasteiger partial charge in [0.1, 0.15) is 18.1 Å². The number of nitrogens with one attached hydrogen (secondary N) is 3. The third-order valence-corrected chi connectivity index (χ3v) is 8.17. The van der Waals surface area contributed by atoms with Crippen LogP contribution in [-0.2, 0) is 30.4 Å². The zero-order valence-corrected chi connectivity index (χ0v) is 26.8. The fourth-order valence-corrected chi connectivity index (χ4v) is 5.60. The van der Waals surface area contributed by atoms with Crippen LogP contribution < -0.4 is 16.0 Å². The highest BCUT2D eigenvalue weighted by Crippen LogP contribution is 2.19. The number of hydrogen-bond donors (Lipinski definition) is 4. The largest absolute Gasteiger partial charge is 0.480 e. The van der Waals surface area contributed by atoms with Crippen molar-refractivity contribution in [2.24, 2.45) is 0 Å². The topological polar surface area (TPSA) is 145 Å². The van der Waals surface area contributed by atoms with Gasteiger partial charge >= 0.3 is 5.97 Å². The Morgan fingerprint density at radius 2 is 1.45 bits per heavy atom. The van der Waals surface area contributed by atoms with E-state index in [1.807, 2.05) is 6.07 Å². The minimum atomic E-state index is -1.15. The number of carboxylic acids is 1. The lowest BCUT2D eigenvalue weighted by atomic mass is 10.1. The monoisotopic (exact) mass is 614 g/mol. The van der Waals surface area contributed by atoms with E-state index in [4.69, 9.17) is 0 Å². The lowest BCUT2D eigenvalue weighted by Crippen LogP contribution is -2.55. The van der Waals surface area contributed by atoms with Gasteiger partial charge in [0.05, 0.1) is 0 Å². The second-order valence-electron chi connectivity index (χ2n) is 12.0. The molecule has 0 saturated carbocycles. The molecule has 3 unspecified atom stereocenters. The third kappa shape index (κ3) is 14.4. The Balaban J connectivity index is 1.63. The van der Waals surface area contributed by atoms with E-state index in [2.05, 4.69) is 22.9 Å². The van der Waals surface area contributed by atoms with Crippen LogP contribution >= 0.6 is 0 Å². The number of carboxylic acid groups (broad SMARTS) is 1. The van der Waals surface area contributed by atoms with Gasteiger partial charge in [0.25, 0.3) is 0 Å². The number of likely N-dealkylation sites (tertiary alicyclic amines) is 1. The van der Waals surface area contributed by atoms with Crippen molar-refractivity contribution in [1.29, 1.82) is 0 Å². The van der Waals surface area contributed by atoms with E-state index in [1.165, 1.54) is 56.3 Å². The molecule has 1 saturated heterocycles. The van der Waals surface area contributed by atoms with Gasteiger partial charge < -0.3 is 26.0 Å². The number of carbonyl (C=O) groups is 5. The Hall–Kier alpha value is -3.43. The molecule has 1 heterocycles. The minimum Gasteiger partial charge on any atom is -0.480 e. The standard InChI is InChI=1S/C34H54N4O6/c1-3-4-5-6-7-8-9-10-11-12-16-21-30(39)35-23-22-31(40)36-26(2)33(42)38-24-17-20-29(38)32(41)37-28(34(43)44)25-27-18-14-13-15-19-27/h13-15,18-19,26,28-29H,3-12,16-17,20-25H2,1-2H3,(H,35,39)(H,36,40)(H,37,41)(H,43,44). The van der Waals surface area contributed by atoms with Crippen LogP contribution in [0.2, 0.25) is 0 Å². The van der Waals surface area contributed by atoms with Crippen molar-refractivity contribution in [2.45, 2.75) is 135 Å². The van der Waals surface area contributed by atoms with Gasteiger partial charge in [-0.15, -0.1) is 0 Å². The van der Waals surface area contributed by atoms with Gasteiger partial charge in [-0.05, 0) is 31.7 Å². The maximum Gasteiger partial charge on any atom is 0.326 e. The van der Waals surface area contributed by atoms with Gasteiger partial charge in [-0.2, -0.15) is 0 Å². The van der Waals surface area contributed by atoms with E-state index in [9.17, 15) is 29.1 Å². The van der Waals surface area contributed by atoms with Gasteiger partial charge in [0.2, 0.25) is 23.6 Å². The van der Waals surface area contributed by atoms with Crippen molar-refractivity contribution in [3.63, 3.8) is 0 Å². The van der Waals surface area contributed by atoms with E-state index in [-0.39, 0.29) is 31.2 Å². The van der Waals surface area contributed by atoms with Crippen LogP contribution in [0, 0.1) is 0 Å². The second-order valence-corrected chi connectivity index (χ2v) is 12.0. The number of rotatable bonds is 22. The fraction of sp³-hybridized carbons (Fsp3) is 0.676. The molecule has 0 bridgehead atoms. The number of amides is 4. The summed E-state index contributed by atoms with van der Waals surface area (Å²) in [6, 6.07) is 6.25. The Morgan fingerprint density at radius 3 is 2.07 bits per heavy atom. The first-order valence-corrected chi connectivity index (χ1v) is 16.7. The summed E-state index contributed by atoms with van der Waals surface area (Å²) in [5.41, 5.74) is 0.779. The van der Waals surface area contributed by atoms with E-state index < -0.39 is 35.9 Å². The molecular weight excluding hydrogens is 560 g/mol. The summed E-state index contributed by atoms with van der Waals surface area (Å²) in [5.74, 6) is -2.50. The first-order chi connectivity index (χ1) is 21.2. The van der Waals surface area contributed by atoms with Crippen molar-refractivity contribution >= 4 is 29.6 Å². The van der Waals surface area contributed by atoms with Crippen molar-refractivity contribution in [3.8, 4) is 0 Å². The number of unbranched alkanes of at least 4 members (excludes halogenated alkanes) is 10. The summed E-state index contributed by atoms with van der Waals surface area (Å²) in [5, 5.41) is 17.7. The highest BCUT2D eigenvalue weighted by molar-refractivity contribution is 5.93. The Labute approximate surface area is 263 Å². The van der Waals surface area contributed by atoms with Gasteiger partial charge in [-0.25, -0.2) is 4.79 Å². The second kappa shape index (κ2) is 21.3. The molecule has 2 rings (SSSR count). The smallest absolute Gasteiger partial charge is 0.326 e. The van der Waals surface area contributed by atoms with Crippen molar-refractivity contribution < 1.29 is 29.1 Å². The molecule has 0 aliphatic carbocycles. The zero-order valence-electron chi connectivity index (χ0n) is 26.8. The van der Waals surface area contributed by atoms with Crippen LogP contribution in [0.3, 0.4) is 0 Å². The number of nitrogens with zero attached hydrogens (tertiary/aromatic N) is 1.